The van der Waals surface area contributed by atoms with Crippen LogP contribution >= 0.6 is 0 Å². The minimum absolute atomic E-state index is 0.00568. The number of carbonyl (C=O) groups is 2. The number of ether oxygens (including phenoxy) is 1. The van der Waals surface area contributed by atoms with Gasteiger partial charge in [0.2, 0.25) is 5.91 Å². The van der Waals surface area contributed by atoms with E-state index in [-0.39, 0.29) is 12.3 Å². The Hall–Kier alpha value is -4.10. The maximum absolute atomic E-state index is 12.9. The normalized spacial score (nSPS) is 11.9. The molecule has 37 heavy (non-hydrogen) atoms. The molecule has 0 bridgehead atoms. The van der Waals surface area contributed by atoms with Gasteiger partial charge < -0.3 is 25.5 Å². The van der Waals surface area contributed by atoms with Gasteiger partial charge in [0, 0.05) is 29.3 Å². The number of nitrogens with one attached hydrogen (secondary N) is 1. The number of carbonyl (C=O) groups excluding carboxylic acids is 1. The number of rotatable bonds is 11. The van der Waals surface area contributed by atoms with Crippen LogP contribution in [-0.4, -0.2) is 42.2 Å². The van der Waals surface area contributed by atoms with Crippen LogP contribution in [0.25, 0.3) is 10.9 Å². The molecule has 4 N–H and O–H groups in total. The number of methoxy groups -OCH3 is 1. The van der Waals surface area contributed by atoms with Crippen molar-refractivity contribution >= 4 is 28.5 Å². The molecular formula is C30H33N3O4. The Balaban J connectivity index is 1.37. The highest BCUT2D eigenvalue weighted by Crippen LogP contribution is 2.25. The highest BCUT2D eigenvalue weighted by Gasteiger charge is 2.20. The summed E-state index contributed by atoms with van der Waals surface area (Å²) in [6.45, 7) is 0. The number of nitrogens with zero attached hydrogens (tertiary/aromatic N) is 1. The quantitative estimate of drug-likeness (QED) is 0.281. The maximum Gasteiger partial charge on any atom is 0.307 e. The van der Waals surface area contributed by atoms with Crippen molar-refractivity contribution < 1.29 is 19.4 Å². The van der Waals surface area contributed by atoms with Crippen molar-refractivity contribution in [1.82, 2.24) is 4.98 Å². The smallest absolute Gasteiger partial charge is 0.307 e. The van der Waals surface area contributed by atoms with Gasteiger partial charge in [0.15, 0.2) is 0 Å². The van der Waals surface area contributed by atoms with Crippen molar-refractivity contribution in [2.75, 3.05) is 19.1 Å². The number of fused-ring (bicyclic) bond motifs is 1. The van der Waals surface area contributed by atoms with Crippen LogP contribution in [-0.2, 0) is 35.3 Å². The second-order valence-electron chi connectivity index (χ2n) is 9.28. The summed E-state index contributed by atoms with van der Waals surface area (Å²) in [7, 11) is 3.33. The molecule has 1 heterocycles. The Morgan fingerprint density at radius 2 is 1.73 bits per heavy atom. The fourth-order valence-corrected chi connectivity index (χ4v) is 4.73. The summed E-state index contributed by atoms with van der Waals surface area (Å²) in [4.78, 5) is 29.3. The third-order valence-corrected chi connectivity index (χ3v) is 6.68. The molecule has 7 nitrogen and oxygen atoms in total. The number of aromatic nitrogens is 1. The third-order valence-electron chi connectivity index (χ3n) is 6.68. The highest BCUT2D eigenvalue weighted by molar-refractivity contribution is 5.96. The summed E-state index contributed by atoms with van der Waals surface area (Å²) in [6.07, 6.45) is 2.91. The number of aliphatic carboxylic acids is 1. The molecule has 4 aromatic rings. The zero-order valence-electron chi connectivity index (χ0n) is 21.2. The molecule has 3 aromatic carbocycles. The number of carboxylic acid groups (broad SMARTS) is 1. The molecule has 0 radical (unpaired) electrons. The van der Waals surface area contributed by atoms with E-state index in [1.54, 1.807) is 19.1 Å². The molecular weight excluding hydrogens is 466 g/mol. The second kappa shape index (κ2) is 11.8. The van der Waals surface area contributed by atoms with Gasteiger partial charge in [-0.05, 0) is 72.7 Å². The molecule has 0 fully saturated rings. The lowest BCUT2D eigenvalue weighted by molar-refractivity contribution is -0.136. The SMILES string of the molecule is COc1ccc(N(C)C(=O)C(N)Cc2cccc(CCCc3[nH]c4ccccc4c3CC(=O)O)c2)cc1. The lowest BCUT2D eigenvalue weighted by atomic mass is 9.99. The van der Waals surface area contributed by atoms with Crippen LogP contribution in [0.5, 0.6) is 5.75 Å². The van der Waals surface area contributed by atoms with E-state index in [2.05, 4.69) is 17.1 Å². The average Bonchev–Trinajstić information content (AvgIpc) is 3.24. The van der Waals surface area contributed by atoms with E-state index in [9.17, 15) is 14.7 Å². The zero-order chi connectivity index (χ0) is 26.4. The second-order valence-corrected chi connectivity index (χ2v) is 9.28. The number of hydrogen-bond donors (Lipinski definition) is 3. The van der Waals surface area contributed by atoms with E-state index in [0.29, 0.717) is 6.42 Å². The zero-order valence-corrected chi connectivity index (χ0v) is 21.2. The summed E-state index contributed by atoms with van der Waals surface area (Å²) in [5.74, 6) is -0.254. The van der Waals surface area contributed by atoms with Crippen molar-refractivity contribution in [3.63, 3.8) is 0 Å². The van der Waals surface area contributed by atoms with Crippen molar-refractivity contribution in [3.8, 4) is 5.75 Å². The maximum atomic E-state index is 12.9. The number of para-hydroxylation sites is 1. The molecule has 1 aromatic heterocycles. The van der Waals surface area contributed by atoms with Gasteiger partial charge in [0.1, 0.15) is 5.75 Å². The molecule has 0 aliphatic carbocycles. The number of aryl methyl sites for hydroxylation is 2. The third kappa shape index (κ3) is 6.37. The lowest BCUT2D eigenvalue weighted by Crippen LogP contribution is -2.43. The number of carboxylic acids is 1. The van der Waals surface area contributed by atoms with Gasteiger partial charge in [0.05, 0.1) is 19.6 Å². The van der Waals surface area contributed by atoms with Crippen molar-refractivity contribution in [3.05, 3.63) is 95.2 Å². The summed E-state index contributed by atoms with van der Waals surface area (Å²) in [5, 5.41) is 10.4. The molecule has 0 spiro atoms. The van der Waals surface area contributed by atoms with Crippen molar-refractivity contribution in [2.45, 2.75) is 38.1 Å². The molecule has 1 unspecified atom stereocenters. The number of H-pyrrole nitrogens is 1. The first-order valence-electron chi connectivity index (χ1n) is 12.4. The van der Waals surface area contributed by atoms with E-state index in [1.807, 2.05) is 60.7 Å². The fourth-order valence-electron chi connectivity index (χ4n) is 4.73. The first kappa shape index (κ1) is 26.0. The van der Waals surface area contributed by atoms with Crippen LogP contribution in [0.4, 0.5) is 5.69 Å². The molecule has 192 valence electrons. The van der Waals surface area contributed by atoms with Gasteiger partial charge in [-0.1, -0.05) is 42.5 Å². The summed E-state index contributed by atoms with van der Waals surface area (Å²) < 4.78 is 5.18. The Morgan fingerprint density at radius 3 is 2.46 bits per heavy atom. The number of aromatic amines is 1. The number of anilines is 1. The fraction of sp³-hybridized carbons (Fsp3) is 0.267. The predicted molar refractivity (Wildman–Crippen MR) is 146 cm³/mol. The Kier molecular flexibility index (Phi) is 8.25. The highest BCUT2D eigenvalue weighted by atomic mass is 16.5. The summed E-state index contributed by atoms with van der Waals surface area (Å²) in [6, 6.07) is 22.6. The van der Waals surface area contributed by atoms with Crippen molar-refractivity contribution in [1.29, 1.82) is 0 Å². The van der Waals surface area contributed by atoms with Gasteiger partial charge in [-0.25, -0.2) is 0 Å². The van der Waals surface area contributed by atoms with E-state index >= 15 is 0 Å². The molecule has 1 atom stereocenters. The Bertz CT molecular complexity index is 1380. The topological polar surface area (TPSA) is 109 Å². The van der Waals surface area contributed by atoms with Crippen LogP contribution in [0.2, 0.25) is 0 Å². The largest absolute Gasteiger partial charge is 0.497 e. The number of likely N-dealkylation sites (N-methyl/N-ethyl adjacent to an activating group) is 1. The van der Waals surface area contributed by atoms with Crippen LogP contribution in [0.3, 0.4) is 0 Å². The van der Waals surface area contributed by atoms with E-state index in [1.165, 1.54) is 0 Å². The predicted octanol–water partition coefficient (Wildman–Crippen LogP) is 4.51. The summed E-state index contributed by atoms with van der Waals surface area (Å²) in [5.41, 5.74) is 12.0. The van der Waals surface area contributed by atoms with Gasteiger partial charge in [-0.15, -0.1) is 0 Å². The molecule has 4 rings (SSSR count). The van der Waals surface area contributed by atoms with Crippen LogP contribution < -0.4 is 15.4 Å². The molecule has 0 aliphatic rings. The van der Waals surface area contributed by atoms with Crippen molar-refractivity contribution in [2.24, 2.45) is 5.73 Å². The first-order chi connectivity index (χ1) is 17.9. The molecule has 0 saturated carbocycles. The van der Waals surface area contributed by atoms with Gasteiger partial charge in [-0.2, -0.15) is 0 Å². The monoisotopic (exact) mass is 499 g/mol. The number of hydrogen-bond acceptors (Lipinski definition) is 4. The summed E-state index contributed by atoms with van der Waals surface area (Å²) >= 11 is 0. The Morgan fingerprint density at radius 1 is 1.00 bits per heavy atom. The number of amides is 1. The minimum atomic E-state index is -0.831. The van der Waals surface area contributed by atoms with E-state index in [0.717, 1.165) is 64.0 Å². The number of nitrogens with two attached hydrogens (primary N) is 1. The molecule has 7 heteroatoms. The standard InChI is InChI=1S/C30H33N3O4/c1-33(22-13-15-23(37-2)16-14-22)30(36)26(31)18-21-9-5-7-20(17-21)8-6-12-28-25(19-29(34)35)24-10-3-4-11-27(24)32-28/h3-5,7,9-11,13-17,26,32H,6,8,12,18-19,31H2,1-2H3,(H,34,35). The minimum Gasteiger partial charge on any atom is -0.497 e. The van der Waals surface area contributed by atoms with Crippen LogP contribution in [0, 0.1) is 0 Å². The average molecular weight is 500 g/mol. The lowest BCUT2D eigenvalue weighted by Gasteiger charge is -2.22. The number of benzene rings is 3. The van der Waals surface area contributed by atoms with Crippen LogP contribution in [0.1, 0.15) is 28.8 Å². The molecule has 0 saturated heterocycles. The first-order valence-corrected chi connectivity index (χ1v) is 12.4. The van der Waals surface area contributed by atoms with Crippen LogP contribution in [0.15, 0.2) is 72.8 Å². The Labute approximate surface area is 216 Å². The molecule has 0 aliphatic heterocycles. The van der Waals surface area contributed by atoms with E-state index in [4.69, 9.17) is 10.5 Å². The van der Waals surface area contributed by atoms with Gasteiger partial charge in [0.25, 0.3) is 0 Å². The van der Waals surface area contributed by atoms with Gasteiger partial charge in [-0.3, -0.25) is 9.59 Å². The molecule has 1 amide bonds. The van der Waals surface area contributed by atoms with E-state index < -0.39 is 12.0 Å². The van der Waals surface area contributed by atoms with Gasteiger partial charge >= 0.3 is 5.97 Å².